The van der Waals surface area contributed by atoms with Crippen molar-refractivity contribution in [3.05, 3.63) is 29.8 Å². The Kier molecular flexibility index (Phi) is 3.62. The van der Waals surface area contributed by atoms with Crippen LogP contribution in [0, 0.1) is 24.7 Å². The van der Waals surface area contributed by atoms with Gasteiger partial charge in [-0.1, -0.05) is 17.7 Å². The van der Waals surface area contributed by atoms with Crippen molar-refractivity contribution in [2.45, 2.75) is 64.0 Å². The molecule has 3 heteroatoms. The molecule has 0 aromatic heterocycles. The van der Waals surface area contributed by atoms with Crippen molar-refractivity contribution in [1.29, 1.82) is 0 Å². The van der Waals surface area contributed by atoms with E-state index in [1.807, 2.05) is 38.1 Å². The minimum Gasteiger partial charge on any atom is -0.481 e. The van der Waals surface area contributed by atoms with E-state index in [9.17, 15) is 4.79 Å². The Balaban J connectivity index is 1.40. The number of carbonyl (C=O) groups is 1. The first-order valence-electron chi connectivity index (χ1n) is 9.07. The number of hydrogen-bond acceptors (Lipinski definition) is 2. The number of rotatable bonds is 4. The standard InChI is InChI=1S/C20H27NO2/c1-13-3-5-18(6-4-13)23-14(2)19(22)21-20-10-15-7-16(11-20)9-17(8-15)12-20/h3-6,14-17H,7-12H2,1-2H3,(H,21,22)/t14-,15?,16?,17?,20?/m1/s1. The highest BCUT2D eigenvalue weighted by Gasteiger charge is 2.51. The molecule has 0 aliphatic heterocycles. The van der Waals surface area contributed by atoms with E-state index < -0.39 is 6.10 Å². The monoisotopic (exact) mass is 313 g/mol. The average Bonchev–Trinajstić information content (AvgIpc) is 2.47. The molecule has 4 fully saturated rings. The number of benzene rings is 1. The lowest BCUT2D eigenvalue weighted by Crippen LogP contribution is -2.61. The van der Waals surface area contributed by atoms with E-state index in [0.717, 1.165) is 23.5 Å². The molecule has 0 radical (unpaired) electrons. The van der Waals surface area contributed by atoms with Crippen molar-refractivity contribution in [2.24, 2.45) is 17.8 Å². The molecular weight excluding hydrogens is 286 g/mol. The number of carbonyl (C=O) groups excluding carboxylic acids is 1. The zero-order chi connectivity index (χ0) is 16.0. The molecule has 124 valence electrons. The minimum atomic E-state index is -0.439. The Bertz CT molecular complexity index is 557. The summed E-state index contributed by atoms with van der Waals surface area (Å²) < 4.78 is 5.83. The van der Waals surface area contributed by atoms with E-state index in [2.05, 4.69) is 5.32 Å². The van der Waals surface area contributed by atoms with Crippen LogP contribution in [0.15, 0.2) is 24.3 Å². The highest BCUT2D eigenvalue weighted by atomic mass is 16.5. The summed E-state index contributed by atoms with van der Waals surface area (Å²) in [6.07, 6.45) is 7.29. The maximum atomic E-state index is 12.7. The van der Waals surface area contributed by atoms with Gasteiger partial charge in [0, 0.05) is 5.54 Å². The predicted octanol–water partition coefficient (Wildman–Crippen LogP) is 3.85. The van der Waals surface area contributed by atoms with Gasteiger partial charge in [0.05, 0.1) is 0 Å². The maximum absolute atomic E-state index is 12.7. The third-order valence-corrected chi connectivity index (χ3v) is 6.13. The molecule has 1 aromatic rings. The van der Waals surface area contributed by atoms with Gasteiger partial charge in [-0.25, -0.2) is 0 Å². The summed E-state index contributed by atoms with van der Waals surface area (Å²) in [6, 6.07) is 7.89. The van der Waals surface area contributed by atoms with Gasteiger partial charge in [0.15, 0.2) is 6.10 Å². The molecule has 4 aliphatic carbocycles. The van der Waals surface area contributed by atoms with Crippen molar-refractivity contribution in [2.75, 3.05) is 0 Å². The topological polar surface area (TPSA) is 38.3 Å². The molecule has 0 heterocycles. The molecule has 1 atom stereocenters. The number of ether oxygens (including phenoxy) is 1. The smallest absolute Gasteiger partial charge is 0.261 e. The number of aryl methyl sites for hydroxylation is 1. The number of hydrogen-bond donors (Lipinski definition) is 1. The molecule has 4 saturated carbocycles. The van der Waals surface area contributed by atoms with Gasteiger partial charge in [-0.05, 0) is 82.3 Å². The molecule has 1 aromatic carbocycles. The Morgan fingerprint density at radius 3 is 2.13 bits per heavy atom. The van der Waals surface area contributed by atoms with Crippen LogP contribution in [-0.2, 0) is 4.79 Å². The fourth-order valence-electron chi connectivity index (χ4n) is 5.50. The molecule has 3 nitrogen and oxygen atoms in total. The van der Waals surface area contributed by atoms with Gasteiger partial charge >= 0.3 is 0 Å². The zero-order valence-corrected chi connectivity index (χ0v) is 14.2. The second kappa shape index (κ2) is 5.54. The molecule has 4 aliphatic rings. The molecule has 1 amide bonds. The van der Waals surface area contributed by atoms with Crippen LogP contribution in [-0.4, -0.2) is 17.6 Å². The summed E-state index contributed by atoms with van der Waals surface area (Å²) in [5.41, 5.74) is 1.26. The minimum absolute atomic E-state index is 0.0486. The van der Waals surface area contributed by atoms with Crippen molar-refractivity contribution in [3.8, 4) is 5.75 Å². The largest absolute Gasteiger partial charge is 0.481 e. The molecule has 1 N–H and O–H groups in total. The number of nitrogens with one attached hydrogen (secondary N) is 1. The van der Waals surface area contributed by atoms with Crippen LogP contribution in [0.4, 0.5) is 0 Å². The maximum Gasteiger partial charge on any atom is 0.261 e. The molecule has 5 rings (SSSR count). The summed E-state index contributed by atoms with van der Waals surface area (Å²) in [5, 5.41) is 3.39. The van der Waals surface area contributed by atoms with Crippen LogP contribution in [0.2, 0.25) is 0 Å². The quantitative estimate of drug-likeness (QED) is 0.917. The third kappa shape index (κ3) is 2.98. The second-order valence-corrected chi connectivity index (χ2v) is 8.26. The Hall–Kier alpha value is -1.51. The summed E-state index contributed by atoms with van der Waals surface area (Å²) in [7, 11) is 0. The Morgan fingerprint density at radius 1 is 1.09 bits per heavy atom. The zero-order valence-electron chi connectivity index (χ0n) is 14.2. The average molecular weight is 313 g/mol. The van der Waals surface area contributed by atoms with Crippen LogP contribution in [0.3, 0.4) is 0 Å². The lowest BCUT2D eigenvalue weighted by atomic mass is 9.53. The normalized spacial score (nSPS) is 35.8. The first-order chi connectivity index (χ1) is 11.0. The molecule has 23 heavy (non-hydrogen) atoms. The van der Waals surface area contributed by atoms with Gasteiger partial charge in [-0.2, -0.15) is 0 Å². The van der Waals surface area contributed by atoms with Gasteiger partial charge in [0.2, 0.25) is 0 Å². The van der Waals surface area contributed by atoms with Gasteiger partial charge in [-0.15, -0.1) is 0 Å². The number of amides is 1. The second-order valence-electron chi connectivity index (χ2n) is 8.26. The molecule has 4 bridgehead atoms. The first-order valence-corrected chi connectivity index (χ1v) is 9.07. The molecule has 0 unspecified atom stereocenters. The van der Waals surface area contributed by atoms with E-state index in [1.165, 1.54) is 44.1 Å². The highest BCUT2D eigenvalue weighted by Crippen LogP contribution is 2.55. The van der Waals surface area contributed by atoms with Crippen molar-refractivity contribution >= 4 is 5.91 Å². The van der Waals surface area contributed by atoms with Crippen LogP contribution >= 0.6 is 0 Å². The van der Waals surface area contributed by atoms with E-state index in [-0.39, 0.29) is 11.4 Å². The predicted molar refractivity (Wildman–Crippen MR) is 90.3 cm³/mol. The van der Waals surface area contributed by atoms with Gasteiger partial charge < -0.3 is 10.1 Å². The fraction of sp³-hybridized carbons (Fsp3) is 0.650. The summed E-state index contributed by atoms with van der Waals surface area (Å²) in [5.74, 6) is 3.34. The van der Waals surface area contributed by atoms with Crippen LogP contribution < -0.4 is 10.1 Å². The van der Waals surface area contributed by atoms with Crippen molar-refractivity contribution in [1.82, 2.24) is 5.32 Å². The van der Waals surface area contributed by atoms with E-state index in [0.29, 0.717) is 0 Å². The van der Waals surface area contributed by atoms with E-state index in [4.69, 9.17) is 4.74 Å². The first kappa shape index (κ1) is 15.0. The third-order valence-electron chi connectivity index (χ3n) is 6.13. The van der Waals surface area contributed by atoms with Crippen LogP contribution in [0.1, 0.15) is 51.0 Å². The molecule has 0 spiro atoms. The summed E-state index contributed by atoms with van der Waals surface area (Å²) >= 11 is 0. The molecular formula is C20H27NO2. The summed E-state index contributed by atoms with van der Waals surface area (Å²) in [4.78, 5) is 12.7. The van der Waals surface area contributed by atoms with E-state index >= 15 is 0 Å². The Morgan fingerprint density at radius 2 is 1.61 bits per heavy atom. The summed E-state index contributed by atoms with van der Waals surface area (Å²) in [6.45, 7) is 3.91. The SMILES string of the molecule is Cc1ccc(O[C@H](C)C(=O)NC23CC4CC(CC(C4)C2)C3)cc1. The highest BCUT2D eigenvalue weighted by molar-refractivity contribution is 5.81. The Labute approximate surface area is 138 Å². The van der Waals surface area contributed by atoms with Crippen LogP contribution in [0.5, 0.6) is 5.75 Å². The molecule has 0 saturated heterocycles. The van der Waals surface area contributed by atoms with Gasteiger partial charge in [0.25, 0.3) is 5.91 Å². The van der Waals surface area contributed by atoms with Gasteiger partial charge in [0.1, 0.15) is 5.75 Å². The van der Waals surface area contributed by atoms with Crippen LogP contribution in [0.25, 0.3) is 0 Å². The van der Waals surface area contributed by atoms with Gasteiger partial charge in [-0.3, -0.25) is 4.79 Å². The lowest BCUT2D eigenvalue weighted by molar-refractivity contribution is -0.133. The van der Waals surface area contributed by atoms with E-state index in [1.54, 1.807) is 0 Å². The lowest BCUT2D eigenvalue weighted by Gasteiger charge is -2.57. The van der Waals surface area contributed by atoms with Crippen molar-refractivity contribution < 1.29 is 9.53 Å². The van der Waals surface area contributed by atoms with Crippen molar-refractivity contribution in [3.63, 3.8) is 0 Å². The fourth-order valence-corrected chi connectivity index (χ4v) is 5.50.